The molecule has 0 aliphatic rings. The van der Waals surface area contributed by atoms with Crippen molar-refractivity contribution in [2.24, 2.45) is 0 Å². The van der Waals surface area contributed by atoms with Crippen molar-refractivity contribution in [1.82, 2.24) is 5.32 Å². The van der Waals surface area contributed by atoms with E-state index in [4.69, 9.17) is 0 Å². The zero-order valence-electron chi connectivity index (χ0n) is 12.0. The maximum Gasteiger partial charge on any atom is 0.0296 e. The fourth-order valence-corrected chi connectivity index (χ4v) is 2.51. The van der Waals surface area contributed by atoms with E-state index in [2.05, 4.69) is 58.1 Å². The van der Waals surface area contributed by atoms with E-state index in [0.717, 1.165) is 0 Å². The summed E-state index contributed by atoms with van der Waals surface area (Å²) in [5, 5.41) is 3.74. The molecule has 96 valence electrons. The van der Waals surface area contributed by atoms with Gasteiger partial charge in [-0.25, -0.2) is 0 Å². The number of nitrogens with one attached hydrogen (secondary N) is 1. The van der Waals surface area contributed by atoms with Crippen LogP contribution in [0.3, 0.4) is 0 Å². The van der Waals surface area contributed by atoms with Crippen LogP contribution in [0.1, 0.15) is 62.8 Å². The van der Waals surface area contributed by atoms with Crippen molar-refractivity contribution in [3.05, 3.63) is 34.9 Å². The first-order valence-corrected chi connectivity index (χ1v) is 6.91. The van der Waals surface area contributed by atoms with Gasteiger partial charge in [0.25, 0.3) is 0 Å². The third-order valence-electron chi connectivity index (χ3n) is 3.51. The Hall–Kier alpha value is -0.820. The lowest BCUT2D eigenvalue weighted by Gasteiger charge is -2.23. The summed E-state index contributed by atoms with van der Waals surface area (Å²) in [6, 6.07) is 7.85. The van der Waals surface area contributed by atoms with Crippen molar-refractivity contribution in [2.75, 3.05) is 0 Å². The van der Waals surface area contributed by atoms with Gasteiger partial charge in [-0.3, -0.25) is 0 Å². The molecule has 1 heteroatoms. The molecular formula is C16H27N. The maximum absolute atomic E-state index is 3.74. The van der Waals surface area contributed by atoms with Gasteiger partial charge in [-0.2, -0.15) is 0 Å². The van der Waals surface area contributed by atoms with Gasteiger partial charge in [-0.05, 0) is 44.7 Å². The standard InChI is InChI=1S/C16H27N/c1-6-8-15(7-2)17-14(5)16-10-9-12(3)11-13(16)4/h9-11,14-15,17H,6-8H2,1-5H3. The van der Waals surface area contributed by atoms with E-state index in [0.29, 0.717) is 12.1 Å². The van der Waals surface area contributed by atoms with Gasteiger partial charge in [-0.1, -0.05) is 44.0 Å². The minimum absolute atomic E-state index is 0.451. The molecule has 1 aromatic carbocycles. The molecule has 0 bridgehead atoms. The molecular weight excluding hydrogens is 206 g/mol. The maximum atomic E-state index is 3.74. The number of hydrogen-bond acceptors (Lipinski definition) is 1. The molecule has 2 unspecified atom stereocenters. The predicted molar refractivity (Wildman–Crippen MR) is 76.5 cm³/mol. The van der Waals surface area contributed by atoms with Crippen LogP contribution in [0, 0.1) is 13.8 Å². The third kappa shape index (κ3) is 4.16. The van der Waals surface area contributed by atoms with E-state index >= 15 is 0 Å². The normalized spacial score (nSPS) is 14.6. The first-order valence-electron chi connectivity index (χ1n) is 6.91. The Bertz CT molecular complexity index is 343. The lowest BCUT2D eigenvalue weighted by atomic mass is 9.98. The van der Waals surface area contributed by atoms with Crippen LogP contribution < -0.4 is 5.32 Å². The number of aryl methyl sites for hydroxylation is 2. The molecule has 0 spiro atoms. The largest absolute Gasteiger partial charge is 0.307 e. The molecule has 0 saturated carbocycles. The van der Waals surface area contributed by atoms with Crippen LogP contribution in [0.4, 0.5) is 0 Å². The van der Waals surface area contributed by atoms with E-state index in [1.165, 1.54) is 36.0 Å². The van der Waals surface area contributed by atoms with E-state index in [1.807, 2.05) is 0 Å². The van der Waals surface area contributed by atoms with Gasteiger partial charge in [-0.15, -0.1) is 0 Å². The van der Waals surface area contributed by atoms with Crippen LogP contribution in [0.2, 0.25) is 0 Å². The Morgan fingerprint density at radius 3 is 2.41 bits per heavy atom. The highest BCUT2D eigenvalue weighted by atomic mass is 14.9. The zero-order chi connectivity index (χ0) is 12.8. The zero-order valence-corrected chi connectivity index (χ0v) is 12.0. The average molecular weight is 233 g/mol. The highest BCUT2D eigenvalue weighted by Crippen LogP contribution is 2.20. The van der Waals surface area contributed by atoms with Gasteiger partial charge < -0.3 is 5.32 Å². The van der Waals surface area contributed by atoms with Gasteiger partial charge in [0.15, 0.2) is 0 Å². The van der Waals surface area contributed by atoms with Crippen LogP contribution in [0.25, 0.3) is 0 Å². The van der Waals surface area contributed by atoms with Gasteiger partial charge in [0.2, 0.25) is 0 Å². The highest BCUT2D eigenvalue weighted by molar-refractivity contribution is 5.32. The summed E-state index contributed by atoms with van der Waals surface area (Å²) < 4.78 is 0. The number of hydrogen-bond donors (Lipinski definition) is 1. The molecule has 1 rings (SSSR count). The fraction of sp³-hybridized carbons (Fsp3) is 0.625. The van der Waals surface area contributed by atoms with Crippen molar-refractivity contribution in [1.29, 1.82) is 0 Å². The molecule has 0 fully saturated rings. The molecule has 0 aliphatic heterocycles. The quantitative estimate of drug-likeness (QED) is 0.761. The fourth-order valence-electron chi connectivity index (χ4n) is 2.51. The van der Waals surface area contributed by atoms with E-state index in [-0.39, 0.29) is 0 Å². The van der Waals surface area contributed by atoms with Crippen molar-refractivity contribution >= 4 is 0 Å². The molecule has 1 nitrogen and oxygen atoms in total. The average Bonchev–Trinajstić information content (AvgIpc) is 2.28. The molecule has 0 aromatic heterocycles. The highest BCUT2D eigenvalue weighted by Gasteiger charge is 2.12. The van der Waals surface area contributed by atoms with Crippen molar-refractivity contribution in [2.45, 2.75) is 66.0 Å². The summed E-state index contributed by atoms with van der Waals surface area (Å²) in [6.07, 6.45) is 3.74. The number of rotatable bonds is 6. The first kappa shape index (κ1) is 14.2. The molecule has 0 heterocycles. The Kier molecular flexibility index (Phi) is 5.70. The van der Waals surface area contributed by atoms with Gasteiger partial charge >= 0.3 is 0 Å². The van der Waals surface area contributed by atoms with Crippen LogP contribution in [0.5, 0.6) is 0 Å². The Labute approximate surface area is 107 Å². The minimum Gasteiger partial charge on any atom is -0.307 e. The van der Waals surface area contributed by atoms with Crippen LogP contribution in [-0.4, -0.2) is 6.04 Å². The van der Waals surface area contributed by atoms with Crippen LogP contribution in [-0.2, 0) is 0 Å². The smallest absolute Gasteiger partial charge is 0.0296 e. The van der Waals surface area contributed by atoms with E-state index in [9.17, 15) is 0 Å². The molecule has 1 N–H and O–H groups in total. The summed E-state index contributed by atoms with van der Waals surface area (Å²) in [4.78, 5) is 0. The second kappa shape index (κ2) is 6.80. The second-order valence-electron chi connectivity index (χ2n) is 5.14. The third-order valence-corrected chi connectivity index (χ3v) is 3.51. The van der Waals surface area contributed by atoms with Crippen LogP contribution in [0.15, 0.2) is 18.2 Å². The van der Waals surface area contributed by atoms with E-state index < -0.39 is 0 Å². The first-order chi connectivity index (χ1) is 8.08. The number of benzene rings is 1. The topological polar surface area (TPSA) is 12.0 Å². The minimum atomic E-state index is 0.451. The lowest BCUT2D eigenvalue weighted by molar-refractivity contribution is 0.416. The molecule has 1 aromatic rings. The molecule has 0 aliphatic carbocycles. The SMILES string of the molecule is CCCC(CC)NC(C)c1ccc(C)cc1C. The molecule has 0 saturated heterocycles. The van der Waals surface area contributed by atoms with Crippen molar-refractivity contribution < 1.29 is 0 Å². The monoisotopic (exact) mass is 233 g/mol. The van der Waals surface area contributed by atoms with E-state index in [1.54, 1.807) is 0 Å². The summed E-state index contributed by atoms with van der Waals surface area (Å²) in [7, 11) is 0. The molecule has 17 heavy (non-hydrogen) atoms. The predicted octanol–water partition coefficient (Wildman–Crippen LogP) is 4.53. The summed E-state index contributed by atoms with van der Waals surface area (Å²) in [5.41, 5.74) is 4.18. The van der Waals surface area contributed by atoms with Crippen molar-refractivity contribution in [3.8, 4) is 0 Å². The summed E-state index contributed by atoms with van der Waals surface area (Å²) >= 11 is 0. The Morgan fingerprint density at radius 1 is 1.18 bits per heavy atom. The summed E-state index contributed by atoms with van der Waals surface area (Å²) in [5.74, 6) is 0. The van der Waals surface area contributed by atoms with Gasteiger partial charge in [0.05, 0.1) is 0 Å². The molecule has 2 atom stereocenters. The lowest BCUT2D eigenvalue weighted by Crippen LogP contribution is -2.31. The molecule has 0 radical (unpaired) electrons. The Balaban J connectivity index is 2.71. The van der Waals surface area contributed by atoms with Crippen molar-refractivity contribution in [3.63, 3.8) is 0 Å². The second-order valence-corrected chi connectivity index (χ2v) is 5.14. The molecule has 0 amide bonds. The van der Waals surface area contributed by atoms with Crippen LogP contribution >= 0.6 is 0 Å². The van der Waals surface area contributed by atoms with Gasteiger partial charge in [0, 0.05) is 12.1 Å². The van der Waals surface area contributed by atoms with Gasteiger partial charge in [0.1, 0.15) is 0 Å². The Morgan fingerprint density at radius 2 is 1.88 bits per heavy atom. The summed E-state index contributed by atoms with van der Waals surface area (Å²) in [6.45, 7) is 11.2.